The van der Waals surface area contributed by atoms with Gasteiger partial charge in [0.05, 0.1) is 5.69 Å². The minimum Gasteiger partial charge on any atom is -0.419 e. The van der Waals surface area contributed by atoms with Gasteiger partial charge in [-0.2, -0.15) is 0 Å². The number of benzene rings is 1. The number of nitrogens with two attached hydrogens (primary N) is 1. The average Bonchev–Trinajstić information content (AvgIpc) is 3.07. The highest BCUT2D eigenvalue weighted by molar-refractivity contribution is 6.30. The highest BCUT2D eigenvalue weighted by atomic mass is 35.5. The Kier molecular flexibility index (Phi) is 3.57. The summed E-state index contributed by atoms with van der Waals surface area (Å²) < 4.78 is 7.29. The lowest BCUT2D eigenvalue weighted by Gasteiger charge is -2.00. The molecule has 2 aromatic heterocycles. The first-order valence-corrected chi connectivity index (χ1v) is 6.81. The second-order valence-corrected chi connectivity index (χ2v) is 4.88. The molecule has 0 aliphatic carbocycles. The third-order valence-electron chi connectivity index (χ3n) is 3.05. The van der Waals surface area contributed by atoms with Crippen LogP contribution in [-0.2, 0) is 13.0 Å². The van der Waals surface area contributed by atoms with Crippen LogP contribution in [0.1, 0.15) is 18.5 Å². The fourth-order valence-electron chi connectivity index (χ4n) is 1.99. The SMILES string of the molecule is CCc1c(N)nnn1Cc1nnc(-c2ccc(Cl)cc2)o1. The summed E-state index contributed by atoms with van der Waals surface area (Å²) in [7, 11) is 0. The van der Waals surface area contributed by atoms with Gasteiger partial charge in [0, 0.05) is 10.6 Å². The topological polar surface area (TPSA) is 95.7 Å². The van der Waals surface area contributed by atoms with Crippen LogP contribution < -0.4 is 5.73 Å². The van der Waals surface area contributed by atoms with Crippen molar-refractivity contribution in [1.82, 2.24) is 25.2 Å². The van der Waals surface area contributed by atoms with E-state index in [0.717, 1.165) is 17.7 Å². The molecule has 7 nitrogen and oxygen atoms in total. The van der Waals surface area contributed by atoms with E-state index in [1.165, 1.54) is 0 Å². The zero-order valence-electron chi connectivity index (χ0n) is 11.3. The van der Waals surface area contributed by atoms with Gasteiger partial charge in [0.2, 0.25) is 11.8 Å². The van der Waals surface area contributed by atoms with Crippen molar-refractivity contribution >= 4 is 17.4 Å². The predicted octanol–water partition coefficient (Wildman–Crippen LogP) is 2.17. The fraction of sp³-hybridized carbons (Fsp3) is 0.231. The van der Waals surface area contributed by atoms with E-state index in [-0.39, 0.29) is 0 Å². The molecule has 21 heavy (non-hydrogen) atoms. The molecule has 0 saturated carbocycles. The maximum Gasteiger partial charge on any atom is 0.247 e. The van der Waals surface area contributed by atoms with Gasteiger partial charge in [-0.1, -0.05) is 23.7 Å². The standard InChI is InChI=1S/C13H13ClN6O/c1-2-10-12(15)17-19-20(10)7-11-16-18-13(21-11)8-3-5-9(14)6-4-8/h3-6H,2,7,15H2,1H3. The van der Waals surface area contributed by atoms with Crippen molar-refractivity contribution < 1.29 is 4.42 Å². The largest absolute Gasteiger partial charge is 0.419 e. The molecule has 2 heterocycles. The predicted molar refractivity (Wildman–Crippen MR) is 77.7 cm³/mol. The van der Waals surface area contributed by atoms with E-state index < -0.39 is 0 Å². The summed E-state index contributed by atoms with van der Waals surface area (Å²) in [5.74, 6) is 1.31. The second kappa shape index (κ2) is 5.53. The van der Waals surface area contributed by atoms with Crippen LogP contribution in [0.5, 0.6) is 0 Å². The van der Waals surface area contributed by atoms with Crippen LogP contribution >= 0.6 is 11.6 Å². The van der Waals surface area contributed by atoms with Crippen LogP contribution in [0.3, 0.4) is 0 Å². The molecule has 0 radical (unpaired) electrons. The van der Waals surface area contributed by atoms with Crippen LogP contribution in [0.2, 0.25) is 5.02 Å². The summed E-state index contributed by atoms with van der Waals surface area (Å²) in [5, 5.41) is 16.5. The van der Waals surface area contributed by atoms with E-state index in [4.69, 9.17) is 21.8 Å². The van der Waals surface area contributed by atoms with Crippen molar-refractivity contribution in [1.29, 1.82) is 0 Å². The summed E-state index contributed by atoms with van der Waals surface area (Å²) in [6.45, 7) is 2.33. The summed E-state index contributed by atoms with van der Waals surface area (Å²) in [6.07, 6.45) is 0.733. The van der Waals surface area contributed by atoms with Gasteiger partial charge in [0.15, 0.2) is 5.82 Å². The Labute approximate surface area is 125 Å². The van der Waals surface area contributed by atoms with E-state index in [2.05, 4.69) is 20.5 Å². The smallest absolute Gasteiger partial charge is 0.247 e. The molecule has 0 spiro atoms. The molecule has 0 unspecified atom stereocenters. The minimum atomic E-state index is 0.341. The zero-order valence-corrected chi connectivity index (χ0v) is 12.1. The summed E-state index contributed by atoms with van der Waals surface area (Å²) in [6, 6.07) is 7.19. The first-order chi connectivity index (χ1) is 10.2. The molecule has 0 amide bonds. The maximum absolute atomic E-state index is 5.85. The van der Waals surface area contributed by atoms with Gasteiger partial charge in [-0.25, -0.2) is 4.68 Å². The number of aromatic nitrogens is 5. The summed E-state index contributed by atoms with van der Waals surface area (Å²) in [5.41, 5.74) is 7.40. The Balaban J connectivity index is 1.83. The first kappa shape index (κ1) is 13.6. The quantitative estimate of drug-likeness (QED) is 0.793. The van der Waals surface area contributed by atoms with Gasteiger partial charge in [-0.15, -0.1) is 15.3 Å². The molecular weight excluding hydrogens is 292 g/mol. The number of nitrogen functional groups attached to an aromatic ring is 1. The lowest BCUT2D eigenvalue weighted by atomic mass is 10.2. The van der Waals surface area contributed by atoms with Crippen molar-refractivity contribution in [2.24, 2.45) is 0 Å². The Hall–Kier alpha value is -2.41. The lowest BCUT2D eigenvalue weighted by Crippen LogP contribution is -2.07. The molecule has 0 fully saturated rings. The molecule has 0 bridgehead atoms. The van der Waals surface area contributed by atoms with Gasteiger partial charge in [-0.3, -0.25) is 0 Å². The summed E-state index contributed by atoms with van der Waals surface area (Å²) in [4.78, 5) is 0. The zero-order chi connectivity index (χ0) is 14.8. The van der Waals surface area contributed by atoms with Crippen LogP contribution in [0.15, 0.2) is 28.7 Å². The molecule has 0 aliphatic rings. The number of hydrogen-bond acceptors (Lipinski definition) is 6. The van der Waals surface area contributed by atoms with Gasteiger partial charge < -0.3 is 10.2 Å². The number of rotatable bonds is 4. The summed E-state index contributed by atoms with van der Waals surface area (Å²) >= 11 is 5.85. The van der Waals surface area contributed by atoms with Crippen LogP contribution in [0, 0.1) is 0 Å². The first-order valence-electron chi connectivity index (χ1n) is 6.43. The van der Waals surface area contributed by atoms with Crippen LogP contribution in [0.4, 0.5) is 5.82 Å². The monoisotopic (exact) mass is 304 g/mol. The molecule has 1 aromatic carbocycles. The fourth-order valence-corrected chi connectivity index (χ4v) is 2.12. The Morgan fingerprint density at radius 2 is 1.95 bits per heavy atom. The molecule has 108 valence electrons. The molecule has 3 aromatic rings. The third-order valence-corrected chi connectivity index (χ3v) is 3.30. The lowest BCUT2D eigenvalue weighted by molar-refractivity contribution is 0.463. The van der Waals surface area contributed by atoms with E-state index in [9.17, 15) is 0 Å². The maximum atomic E-state index is 5.85. The number of anilines is 1. The van der Waals surface area contributed by atoms with Crippen LogP contribution in [0.25, 0.3) is 11.5 Å². The molecule has 0 aliphatic heterocycles. The van der Waals surface area contributed by atoms with Crippen LogP contribution in [-0.4, -0.2) is 25.2 Å². The minimum absolute atomic E-state index is 0.341. The number of nitrogens with zero attached hydrogens (tertiary/aromatic N) is 5. The Morgan fingerprint density at radius 3 is 2.67 bits per heavy atom. The van der Waals surface area contributed by atoms with Crippen molar-refractivity contribution in [3.05, 3.63) is 40.9 Å². The molecule has 0 saturated heterocycles. The Morgan fingerprint density at radius 1 is 1.19 bits per heavy atom. The third kappa shape index (κ3) is 2.73. The molecule has 3 rings (SSSR count). The van der Waals surface area contributed by atoms with Gasteiger partial charge in [-0.05, 0) is 30.7 Å². The molecule has 0 atom stereocenters. The van der Waals surface area contributed by atoms with Gasteiger partial charge in [0.1, 0.15) is 6.54 Å². The molecular formula is C13H13ClN6O. The normalized spacial score (nSPS) is 11.0. The van der Waals surface area contributed by atoms with E-state index >= 15 is 0 Å². The van der Waals surface area contributed by atoms with Crippen molar-refractivity contribution in [3.63, 3.8) is 0 Å². The highest BCUT2D eigenvalue weighted by Crippen LogP contribution is 2.20. The average molecular weight is 305 g/mol. The van der Waals surface area contributed by atoms with Gasteiger partial charge >= 0.3 is 0 Å². The number of halogens is 1. The van der Waals surface area contributed by atoms with E-state index in [1.807, 2.05) is 19.1 Å². The molecule has 8 heteroatoms. The van der Waals surface area contributed by atoms with Crippen molar-refractivity contribution in [2.45, 2.75) is 19.9 Å². The van der Waals surface area contributed by atoms with Crippen molar-refractivity contribution in [2.75, 3.05) is 5.73 Å². The van der Waals surface area contributed by atoms with Crippen molar-refractivity contribution in [3.8, 4) is 11.5 Å². The Bertz CT molecular complexity index is 748. The second-order valence-electron chi connectivity index (χ2n) is 4.44. The van der Waals surface area contributed by atoms with Gasteiger partial charge in [0.25, 0.3) is 0 Å². The molecule has 2 N–H and O–H groups in total. The van der Waals surface area contributed by atoms with E-state index in [1.54, 1.807) is 16.8 Å². The number of hydrogen-bond donors (Lipinski definition) is 1. The highest BCUT2D eigenvalue weighted by Gasteiger charge is 2.13. The van der Waals surface area contributed by atoms with E-state index in [0.29, 0.717) is 29.2 Å².